The largest absolute Gasteiger partial charge is 0.388 e. The zero-order chi connectivity index (χ0) is 19.4. The van der Waals surface area contributed by atoms with E-state index < -0.39 is 5.60 Å². The molecule has 2 fully saturated rings. The molecule has 0 spiro atoms. The van der Waals surface area contributed by atoms with Gasteiger partial charge in [-0.3, -0.25) is 14.3 Å². The highest BCUT2D eigenvalue weighted by Crippen LogP contribution is 2.26. The number of hydrogen-bond donors (Lipinski definition) is 2. The van der Waals surface area contributed by atoms with Crippen LogP contribution in [0.4, 0.5) is 0 Å². The molecule has 1 aromatic rings. The molecule has 2 amide bonds. The van der Waals surface area contributed by atoms with Crippen LogP contribution in [0.3, 0.4) is 0 Å². The summed E-state index contributed by atoms with van der Waals surface area (Å²) >= 11 is 0. The fourth-order valence-electron chi connectivity index (χ4n) is 4.19. The third-order valence-corrected chi connectivity index (χ3v) is 5.67. The number of aromatic nitrogens is 2. The number of β-amino-alcohol motifs (C(OH)–C–C–N with tert-alkyl or cyclic N) is 1. The molecule has 0 radical (unpaired) electrons. The Labute approximate surface area is 160 Å². The van der Waals surface area contributed by atoms with Crippen molar-refractivity contribution in [1.29, 1.82) is 0 Å². The Hall–Kier alpha value is -1.93. The molecular formula is C19H31N5O3. The van der Waals surface area contributed by atoms with Crippen LogP contribution in [-0.2, 0) is 11.8 Å². The van der Waals surface area contributed by atoms with Crippen LogP contribution < -0.4 is 5.32 Å². The van der Waals surface area contributed by atoms with E-state index in [0.717, 1.165) is 32.4 Å². The minimum absolute atomic E-state index is 0.0107. The second-order valence-electron chi connectivity index (χ2n) is 8.02. The lowest BCUT2D eigenvalue weighted by Gasteiger charge is -2.38. The van der Waals surface area contributed by atoms with Gasteiger partial charge in [0.05, 0.1) is 17.4 Å². The van der Waals surface area contributed by atoms with Gasteiger partial charge in [-0.1, -0.05) is 0 Å². The van der Waals surface area contributed by atoms with Crippen molar-refractivity contribution in [3.8, 4) is 0 Å². The SMILES string of the molecule is CC(=O)NC1CCN(CC2(O)CCCN(C(=O)c3cnn(C)c3)CC2)CC1. The molecule has 0 bridgehead atoms. The first kappa shape index (κ1) is 19.8. The second-order valence-corrected chi connectivity index (χ2v) is 8.02. The highest BCUT2D eigenvalue weighted by atomic mass is 16.3. The quantitative estimate of drug-likeness (QED) is 0.792. The van der Waals surface area contributed by atoms with E-state index in [1.165, 1.54) is 0 Å². The smallest absolute Gasteiger partial charge is 0.257 e. The molecule has 2 N–H and O–H groups in total. The van der Waals surface area contributed by atoms with Crippen molar-refractivity contribution in [2.75, 3.05) is 32.7 Å². The first-order valence-electron chi connectivity index (χ1n) is 9.84. The van der Waals surface area contributed by atoms with E-state index in [2.05, 4.69) is 15.3 Å². The van der Waals surface area contributed by atoms with E-state index in [-0.39, 0.29) is 17.9 Å². The predicted molar refractivity (Wildman–Crippen MR) is 101 cm³/mol. The van der Waals surface area contributed by atoms with E-state index in [1.54, 1.807) is 31.0 Å². The number of aryl methyl sites for hydroxylation is 1. The topological polar surface area (TPSA) is 90.7 Å². The Kier molecular flexibility index (Phi) is 6.16. The predicted octanol–water partition coefficient (Wildman–Crippen LogP) is 0.378. The molecule has 0 aliphatic carbocycles. The van der Waals surface area contributed by atoms with E-state index in [0.29, 0.717) is 38.0 Å². The summed E-state index contributed by atoms with van der Waals surface area (Å²) in [7, 11) is 1.80. The average molecular weight is 377 g/mol. The summed E-state index contributed by atoms with van der Waals surface area (Å²) in [5.41, 5.74) is -0.159. The molecule has 1 atom stereocenters. The minimum Gasteiger partial charge on any atom is -0.388 e. The first-order valence-corrected chi connectivity index (χ1v) is 9.84. The van der Waals surface area contributed by atoms with Gasteiger partial charge in [-0.2, -0.15) is 5.10 Å². The average Bonchev–Trinajstić information content (AvgIpc) is 2.95. The van der Waals surface area contributed by atoms with Gasteiger partial charge in [-0.15, -0.1) is 0 Å². The number of amides is 2. The van der Waals surface area contributed by atoms with Gasteiger partial charge in [0.2, 0.25) is 5.91 Å². The Morgan fingerprint density at radius 1 is 1.26 bits per heavy atom. The van der Waals surface area contributed by atoms with Crippen LogP contribution in [0.2, 0.25) is 0 Å². The van der Waals surface area contributed by atoms with Gasteiger partial charge in [0.1, 0.15) is 0 Å². The Balaban J connectivity index is 1.51. The van der Waals surface area contributed by atoms with Crippen molar-refractivity contribution < 1.29 is 14.7 Å². The summed E-state index contributed by atoms with van der Waals surface area (Å²) in [6, 6.07) is 0.245. The van der Waals surface area contributed by atoms with Crippen LogP contribution in [-0.4, -0.2) is 80.9 Å². The lowest BCUT2D eigenvalue weighted by molar-refractivity contribution is -0.120. The Bertz CT molecular complexity index is 668. The second kappa shape index (κ2) is 8.39. The van der Waals surface area contributed by atoms with Crippen LogP contribution in [0.1, 0.15) is 49.4 Å². The van der Waals surface area contributed by atoms with E-state index in [1.807, 2.05) is 4.90 Å². The lowest BCUT2D eigenvalue weighted by Crippen LogP contribution is -2.50. The molecule has 0 saturated carbocycles. The lowest BCUT2D eigenvalue weighted by atomic mass is 9.93. The monoisotopic (exact) mass is 377 g/mol. The zero-order valence-corrected chi connectivity index (χ0v) is 16.4. The molecule has 8 nitrogen and oxygen atoms in total. The van der Waals surface area contributed by atoms with Crippen molar-refractivity contribution in [2.24, 2.45) is 7.05 Å². The van der Waals surface area contributed by atoms with Gasteiger partial charge >= 0.3 is 0 Å². The van der Waals surface area contributed by atoms with Crippen molar-refractivity contribution in [1.82, 2.24) is 24.9 Å². The molecule has 0 aromatic carbocycles. The highest BCUT2D eigenvalue weighted by Gasteiger charge is 2.34. The number of nitrogens with one attached hydrogen (secondary N) is 1. The highest BCUT2D eigenvalue weighted by molar-refractivity contribution is 5.93. The third kappa shape index (κ3) is 5.29. The minimum atomic E-state index is -0.759. The summed E-state index contributed by atoms with van der Waals surface area (Å²) in [5.74, 6) is 0.0118. The molecule has 1 aromatic heterocycles. The maximum Gasteiger partial charge on any atom is 0.257 e. The molecule has 8 heteroatoms. The van der Waals surface area contributed by atoms with Crippen LogP contribution in [0.15, 0.2) is 12.4 Å². The number of piperidine rings is 1. The Morgan fingerprint density at radius 2 is 2.00 bits per heavy atom. The third-order valence-electron chi connectivity index (χ3n) is 5.67. The van der Waals surface area contributed by atoms with Gasteiger partial charge in [0.25, 0.3) is 5.91 Å². The van der Waals surface area contributed by atoms with E-state index >= 15 is 0 Å². The van der Waals surface area contributed by atoms with Gasteiger partial charge in [0.15, 0.2) is 0 Å². The van der Waals surface area contributed by atoms with E-state index in [9.17, 15) is 14.7 Å². The van der Waals surface area contributed by atoms with Crippen molar-refractivity contribution >= 4 is 11.8 Å². The first-order chi connectivity index (χ1) is 12.8. The molecule has 2 aliphatic rings. The fourth-order valence-corrected chi connectivity index (χ4v) is 4.19. The standard InChI is InChI=1S/C19H31N5O3/c1-15(25)21-17-4-9-23(10-5-17)14-19(27)6-3-8-24(11-7-19)18(26)16-12-20-22(2)13-16/h12-13,17,27H,3-11,14H2,1-2H3,(H,21,25). The zero-order valence-electron chi connectivity index (χ0n) is 16.4. The number of likely N-dealkylation sites (tertiary alicyclic amines) is 2. The molecule has 1 unspecified atom stereocenters. The van der Waals surface area contributed by atoms with Crippen molar-refractivity contribution in [3.05, 3.63) is 18.0 Å². The molecular weight excluding hydrogens is 346 g/mol. The molecule has 27 heavy (non-hydrogen) atoms. The molecule has 3 rings (SSSR count). The summed E-state index contributed by atoms with van der Waals surface area (Å²) in [6.07, 6.45) is 7.25. The maximum absolute atomic E-state index is 12.6. The van der Waals surface area contributed by atoms with Gasteiger partial charge in [-0.05, 0) is 32.1 Å². The van der Waals surface area contributed by atoms with Crippen molar-refractivity contribution in [2.45, 2.75) is 50.7 Å². The number of carbonyl (C=O) groups excluding carboxylic acids is 2. The molecule has 3 heterocycles. The number of rotatable bonds is 4. The maximum atomic E-state index is 12.6. The molecule has 2 aliphatic heterocycles. The van der Waals surface area contributed by atoms with Crippen LogP contribution in [0.5, 0.6) is 0 Å². The van der Waals surface area contributed by atoms with E-state index in [4.69, 9.17) is 0 Å². The summed E-state index contributed by atoms with van der Waals surface area (Å²) in [6.45, 7) is 5.18. The number of nitrogens with zero attached hydrogens (tertiary/aromatic N) is 4. The summed E-state index contributed by atoms with van der Waals surface area (Å²) < 4.78 is 1.63. The summed E-state index contributed by atoms with van der Waals surface area (Å²) in [5, 5.41) is 18.2. The van der Waals surface area contributed by atoms with Crippen LogP contribution in [0.25, 0.3) is 0 Å². The van der Waals surface area contributed by atoms with Crippen LogP contribution >= 0.6 is 0 Å². The van der Waals surface area contributed by atoms with Crippen molar-refractivity contribution in [3.63, 3.8) is 0 Å². The number of aliphatic hydroxyl groups is 1. The number of hydrogen-bond acceptors (Lipinski definition) is 5. The number of carbonyl (C=O) groups is 2. The van der Waals surface area contributed by atoms with Crippen LogP contribution in [0, 0.1) is 0 Å². The molecule has 2 saturated heterocycles. The summed E-state index contributed by atoms with van der Waals surface area (Å²) in [4.78, 5) is 27.9. The Morgan fingerprint density at radius 3 is 2.63 bits per heavy atom. The van der Waals surface area contributed by atoms with Gasteiger partial charge in [-0.25, -0.2) is 0 Å². The fraction of sp³-hybridized carbons (Fsp3) is 0.737. The van der Waals surface area contributed by atoms with Gasteiger partial charge in [0, 0.05) is 58.9 Å². The molecule has 150 valence electrons. The normalized spacial score (nSPS) is 25.2. The van der Waals surface area contributed by atoms with Gasteiger partial charge < -0.3 is 20.2 Å².